The van der Waals surface area contributed by atoms with Gasteiger partial charge < -0.3 is 10.1 Å². The molecule has 1 aromatic heterocycles. The number of rotatable bonds is 9. The maximum atomic E-state index is 11.8. The Hall–Kier alpha value is -1.85. The third-order valence-electron chi connectivity index (χ3n) is 3.09. The summed E-state index contributed by atoms with van der Waals surface area (Å²) >= 11 is 7.28. The molecule has 0 radical (unpaired) electrons. The van der Waals surface area contributed by atoms with E-state index in [2.05, 4.69) is 5.32 Å². The van der Waals surface area contributed by atoms with Gasteiger partial charge in [-0.2, -0.15) is 0 Å². The van der Waals surface area contributed by atoms with Crippen LogP contribution in [-0.2, 0) is 4.79 Å². The number of carbonyl (C=O) groups excluding carboxylic acids is 2. The highest BCUT2D eigenvalue weighted by molar-refractivity contribution is 7.12. The second kappa shape index (κ2) is 9.33. The molecule has 1 N–H and O–H groups in total. The van der Waals surface area contributed by atoms with E-state index in [0.717, 1.165) is 4.88 Å². The van der Waals surface area contributed by atoms with Gasteiger partial charge in [-0.3, -0.25) is 9.59 Å². The van der Waals surface area contributed by atoms with Crippen molar-refractivity contribution in [2.45, 2.75) is 19.3 Å². The van der Waals surface area contributed by atoms with Crippen LogP contribution in [0.15, 0.2) is 41.8 Å². The van der Waals surface area contributed by atoms with Gasteiger partial charge in [0.25, 0.3) is 0 Å². The van der Waals surface area contributed by atoms with E-state index in [1.165, 1.54) is 11.3 Å². The lowest BCUT2D eigenvalue weighted by molar-refractivity contribution is -0.121. The van der Waals surface area contributed by atoms with Gasteiger partial charge in [-0.05, 0) is 36.1 Å². The Labute approximate surface area is 144 Å². The molecular weight excluding hydrogens is 334 g/mol. The third kappa shape index (κ3) is 6.42. The predicted molar refractivity (Wildman–Crippen MR) is 92.5 cm³/mol. The smallest absolute Gasteiger partial charge is 0.220 e. The minimum absolute atomic E-state index is 0.0707. The van der Waals surface area contributed by atoms with Crippen LogP contribution < -0.4 is 10.1 Å². The molecule has 1 amide bonds. The first-order valence-electron chi connectivity index (χ1n) is 7.37. The van der Waals surface area contributed by atoms with E-state index in [0.29, 0.717) is 43.2 Å². The molecule has 0 saturated carbocycles. The molecule has 2 rings (SSSR count). The molecule has 0 saturated heterocycles. The van der Waals surface area contributed by atoms with E-state index in [-0.39, 0.29) is 11.7 Å². The first-order chi connectivity index (χ1) is 11.1. The highest BCUT2D eigenvalue weighted by Crippen LogP contribution is 2.16. The number of hydrogen-bond donors (Lipinski definition) is 1. The van der Waals surface area contributed by atoms with Crippen LogP contribution in [0, 0.1) is 0 Å². The zero-order chi connectivity index (χ0) is 16.5. The van der Waals surface area contributed by atoms with Gasteiger partial charge in [0.2, 0.25) is 5.91 Å². The third-order valence-corrected chi connectivity index (χ3v) is 4.24. The molecule has 1 aromatic carbocycles. The van der Waals surface area contributed by atoms with Gasteiger partial charge in [0.05, 0.1) is 11.4 Å². The quantitative estimate of drug-likeness (QED) is 0.549. The highest BCUT2D eigenvalue weighted by Gasteiger charge is 2.08. The average molecular weight is 352 g/mol. The van der Waals surface area contributed by atoms with Crippen LogP contribution in [0.5, 0.6) is 5.75 Å². The number of thiophene rings is 1. The van der Waals surface area contributed by atoms with E-state index in [1.807, 2.05) is 17.5 Å². The number of halogens is 1. The van der Waals surface area contributed by atoms with Gasteiger partial charge in [-0.1, -0.05) is 23.7 Å². The van der Waals surface area contributed by atoms with Crippen molar-refractivity contribution in [1.82, 2.24) is 5.32 Å². The second-order valence-electron chi connectivity index (χ2n) is 4.91. The molecule has 0 bridgehead atoms. The molecule has 1 heterocycles. The van der Waals surface area contributed by atoms with Gasteiger partial charge in [0, 0.05) is 17.9 Å². The normalized spacial score (nSPS) is 10.3. The van der Waals surface area contributed by atoms with Crippen molar-refractivity contribution in [2.24, 2.45) is 0 Å². The zero-order valence-corrected chi connectivity index (χ0v) is 14.2. The molecule has 4 nitrogen and oxygen atoms in total. The van der Waals surface area contributed by atoms with Crippen molar-refractivity contribution in [2.75, 3.05) is 13.2 Å². The van der Waals surface area contributed by atoms with E-state index in [1.54, 1.807) is 24.3 Å². The molecule has 122 valence electrons. The van der Waals surface area contributed by atoms with Gasteiger partial charge >= 0.3 is 0 Å². The summed E-state index contributed by atoms with van der Waals surface area (Å²) in [4.78, 5) is 24.2. The van der Waals surface area contributed by atoms with Crippen LogP contribution in [0.2, 0.25) is 5.02 Å². The van der Waals surface area contributed by atoms with Gasteiger partial charge in [-0.25, -0.2) is 0 Å². The minimum Gasteiger partial charge on any atom is -0.492 e. The fourth-order valence-electron chi connectivity index (χ4n) is 1.97. The minimum atomic E-state index is -0.0707. The number of carbonyl (C=O) groups is 2. The molecule has 0 aliphatic heterocycles. The Balaban J connectivity index is 1.56. The summed E-state index contributed by atoms with van der Waals surface area (Å²) in [6, 6.07) is 10.8. The lowest BCUT2D eigenvalue weighted by Gasteiger charge is -2.08. The number of ketones is 1. The number of benzene rings is 1. The van der Waals surface area contributed by atoms with E-state index < -0.39 is 0 Å². The first kappa shape index (κ1) is 17.5. The Kier molecular flexibility index (Phi) is 7.10. The van der Waals surface area contributed by atoms with Gasteiger partial charge in [-0.15, -0.1) is 11.3 Å². The Morgan fingerprint density at radius 2 is 2.04 bits per heavy atom. The molecule has 0 unspecified atom stereocenters. The molecule has 0 aliphatic rings. The molecule has 23 heavy (non-hydrogen) atoms. The molecule has 0 fully saturated rings. The van der Waals surface area contributed by atoms with Crippen LogP contribution in [0.1, 0.15) is 28.9 Å². The molecular formula is C17H18ClNO3S. The maximum absolute atomic E-state index is 11.8. The van der Waals surface area contributed by atoms with Crippen LogP contribution in [0.3, 0.4) is 0 Å². The van der Waals surface area contributed by atoms with E-state index >= 15 is 0 Å². The van der Waals surface area contributed by atoms with Gasteiger partial charge in [0.1, 0.15) is 12.4 Å². The predicted octanol–water partition coefficient (Wildman–Crippen LogP) is 3.95. The van der Waals surface area contributed by atoms with Crippen LogP contribution in [-0.4, -0.2) is 24.8 Å². The highest BCUT2D eigenvalue weighted by atomic mass is 35.5. The standard InChI is InChI=1S/C17H18ClNO3S/c18-13-4-1-5-14(12-13)22-10-9-19-17(21)8-2-6-15(20)16-7-3-11-23-16/h1,3-5,7,11-12H,2,6,8-10H2,(H,19,21). The molecule has 0 aliphatic carbocycles. The molecule has 0 spiro atoms. The van der Waals surface area contributed by atoms with Crippen LogP contribution >= 0.6 is 22.9 Å². The number of nitrogens with one attached hydrogen (secondary N) is 1. The van der Waals surface area contributed by atoms with Crippen molar-refractivity contribution in [3.05, 3.63) is 51.7 Å². The molecule has 6 heteroatoms. The van der Waals surface area contributed by atoms with Crippen LogP contribution in [0.25, 0.3) is 0 Å². The monoisotopic (exact) mass is 351 g/mol. The van der Waals surface area contributed by atoms with Crippen molar-refractivity contribution < 1.29 is 14.3 Å². The van der Waals surface area contributed by atoms with E-state index in [4.69, 9.17) is 16.3 Å². The Bertz CT molecular complexity index is 643. The average Bonchev–Trinajstić information content (AvgIpc) is 3.06. The number of amides is 1. The summed E-state index contributed by atoms with van der Waals surface area (Å²) in [5.41, 5.74) is 0. The zero-order valence-electron chi connectivity index (χ0n) is 12.6. The number of ether oxygens (including phenoxy) is 1. The summed E-state index contributed by atoms with van der Waals surface area (Å²) in [5, 5.41) is 5.26. The van der Waals surface area contributed by atoms with Crippen molar-refractivity contribution in [3.8, 4) is 5.75 Å². The first-order valence-corrected chi connectivity index (χ1v) is 8.62. The SMILES string of the molecule is O=C(CCCC(=O)c1cccs1)NCCOc1cccc(Cl)c1. The summed E-state index contributed by atoms with van der Waals surface area (Å²) in [7, 11) is 0. The van der Waals surface area contributed by atoms with Crippen molar-refractivity contribution >= 4 is 34.6 Å². The Morgan fingerprint density at radius 1 is 1.17 bits per heavy atom. The van der Waals surface area contributed by atoms with Crippen molar-refractivity contribution in [1.29, 1.82) is 0 Å². The van der Waals surface area contributed by atoms with E-state index in [9.17, 15) is 9.59 Å². The Morgan fingerprint density at radius 3 is 2.78 bits per heavy atom. The summed E-state index contributed by atoms with van der Waals surface area (Å²) < 4.78 is 5.48. The lowest BCUT2D eigenvalue weighted by Crippen LogP contribution is -2.27. The summed E-state index contributed by atoms with van der Waals surface area (Å²) in [6.45, 7) is 0.796. The fraction of sp³-hybridized carbons (Fsp3) is 0.294. The summed E-state index contributed by atoms with van der Waals surface area (Å²) in [6.07, 6.45) is 1.29. The lowest BCUT2D eigenvalue weighted by atomic mass is 10.1. The number of Topliss-reactive ketones (excluding diaryl/α,β-unsaturated/α-hetero) is 1. The van der Waals surface area contributed by atoms with Crippen LogP contribution in [0.4, 0.5) is 0 Å². The largest absolute Gasteiger partial charge is 0.492 e. The molecule has 0 atom stereocenters. The van der Waals surface area contributed by atoms with Crippen molar-refractivity contribution in [3.63, 3.8) is 0 Å². The number of hydrogen-bond acceptors (Lipinski definition) is 4. The summed E-state index contributed by atoms with van der Waals surface area (Å²) in [5.74, 6) is 0.698. The van der Waals surface area contributed by atoms with Gasteiger partial charge in [0.15, 0.2) is 5.78 Å². The fourth-order valence-corrected chi connectivity index (χ4v) is 2.85. The topological polar surface area (TPSA) is 55.4 Å². The maximum Gasteiger partial charge on any atom is 0.220 e. The second-order valence-corrected chi connectivity index (χ2v) is 6.29. The molecule has 2 aromatic rings.